The van der Waals surface area contributed by atoms with Gasteiger partial charge < -0.3 is 15.3 Å². The third-order valence-electron chi connectivity index (χ3n) is 6.13. The van der Waals surface area contributed by atoms with E-state index in [1.165, 1.54) is 27.7 Å². The number of carboxylic acid groups (broad SMARTS) is 1. The van der Waals surface area contributed by atoms with Crippen LogP contribution in [0.2, 0.25) is 0 Å². The highest BCUT2D eigenvalue weighted by atomic mass is 16.4. The molecule has 0 fully saturated rings. The monoisotopic (exact) mass is 466 g/mol. The van der Waals surface area contributed by atoms with Gasteiger partial charge in [0.05, 0.1) is 11.7 Å². The topological polar surface area (TPSA) is 124 Å². The van der Waals surface area contributed by atoms with Crippen LogP contribution < -0.4 is 15.8 Å². The number of pyridine rings is 2. The van der Waals surface area contributed by atoms with Gasteiger partial charge in [-0.25, -0.2) is 14.8 Å². The molecule has 174 valence electrons. The predicted octanol–water partition coefficient (Wildman–Crippen LogP) is 3.66. The molecular weight excluding hydrogens is 444 g/mol. The number of carbonyl (C=O) groups is 1. The van der Waals surface area contributed by atoms with Crippen LogP contribution in [-0.2, 0) is 13.1 Å². The van der Waals surface area contributed by atoms with Gasteiger partial charge in [-0.2, -0.15) is 5.26 Å². The fourth-order valence-corrected chi connectivity index (χ4v) is 4.45. The van der Waals surface area contributed by atoms with Crippen LogP contribution in [0.4, 0.5) is 11.5 Å². The molecule has 1 aromatic carbocycles. The van der Waals surface area contributed by atoms with Crippen LogP contribution in [-0.4, -0.2) is 25.4 Å². The normalized spacial score (nSPS) is 13.3. The summed E-state index contributed by atoms with van der Waals surface area (Å²) in [6.45, 7) is 5.10. The van der Waals surface area contributed by atoms with Crippen molar-refractivity contribution in [3.63, 3.8) is 0 Å². The van der Waals surface area contributed by atoms with Crippen LogP contribution in [0, 0.1) is 18.3 Å². The Balaban J connectivity index is 1.56. The first kappa shape index (κ1) is 22.1. The Morgan fingerprint density at radius 3 is 2.51 bits per heavy atom. The third kappa shape index (κ3) is 4.06. The highest BCUT2D eigenvalue weighted by Gasteiger charge is 2.23. The highest BCUT2D eigenvalue weighted by Crippen LogP contribution is 2.29. The predicted molar refractivity (Wildman–Crippen MR) is 130 cm³/mol. The molecule has 9 heteroatoms. The average molecular weight is 467 g/mol. The molecule has 0 radical (unpaired) electrons. The largest absolute Gasteiger partial charge is 0.476 e. The second-order valence-electron chi connectivity index (χ2n) is 8.62. The first-order valence-corrected chi connectivity index (χ1v) is 11.1. The summed E-state index contributed by atoms with van der Waals surface area (Å²) in [4.78, 5) is 35.7. The molecule has 2 N–H and O–H groups in total. The Hall–Kier alpha value is -4.71. The molecule has 0 spiro atoms. The molecule has 0 saturated carbocycles. The molecule has 4 heterocycles. The Kier molecular flexibility index (Phi) is 5.41. The van der Waals surface area contributed by atoms with Crippen LogP contribution in [0.3, 0.4) is 0 Å². The van der Waals surface area contributed by atoms with E-state index < -0.39 is 12.0 Å². The van der Waals surface area contributed by atoms with Gasteiger partial charge in [-0.15, -0.1) is 0 Å². The lowest BCUT2D eigenvalue weighted by Gasteiger charge is -2.21. The number of rotatable bonds is 5. The Morgan fingerprint density at radius 1 is 1.14 bits per heavy atom. The summed E-state index contributed by atoms with van der Waals surface area (Å²) >= 11 is 0. The fourth-order valence-electron chi connectivity index (χ4n) is 4.45. The van der Waals surface area contributed by atoms with Crippen molar-refractivity contribution in [3.8, 4) is 6.07 Å². The van der Waals surface area contributed by atoms with Crippen molar-refractivity contribution in [3.05, 3.63) is 98.7 Å². The van der Waals surface area contributed by atoms with Crippen LogP contribution in [0.5, 0.6) is 0 Å². The number of aromatic carboxylic acids is 1. The maximum Gasteiger partial charge on any atom is 0.356 e. The molecule has 4 aromatic rings. The quantitative estimate of drug-likeness (QED) is 0.457. The van der Waals surface area contributed by atoms with Gasteiger partial charge in [0.2, 0.25) is 0 Å². The highest BCUT2D eigenvalue weighted by molar-refractivity contribution is 5.92. The number of nitrogens with zero attached hydrogens (tertiary/aromatic N) is 5. The molecule has 1 aliphatic heterocycles. The maximum atomic E-state index is 13.1. The lowest BCUT2D eigenvalue weighted by Crippen LogP contribution is -2.23. The number of nitrogens with one attached hydrogen (secondary N) is 1. The average Bonchev–Trinajstić information content (AvgIpc) is 3.28. The second kappa shape index (κ2) is 8.57. The summed E-state index contributed by atoms with van der Waals surface area (Å²) in [5.41, 5.74) is 4.38. The fraction of sp³-hybridized carbons (Fsp3) is 0.192. The number of aromatic nitrogens is 3. The van der Waals surface area contributed by atoms with E-state index in [9.17, 15) is 14.7 Å². The smallest absolute Gasteiger partial charge is 0.356 e. The van der Waals surface area contributed by atoms with Crippen molar-refractivity contribution >= 4 is 23.1 Å². The molecule has 0 saturated heterocycles. The molecular formula is C26H22N6O3. The van der Waals surface area contributed by atoms with E-state index in [0.29, 0.717) is 24.6 Å². The van der Waals surface area contributed by atoms with Gasteiger partial charge in [-0.05, 0) is 48.7 Å². The van der Waals surface area contributed by atoms with Gasteiger partial charge >= 0.3 is 5.97 Å². The number of aryl methyl sites for hydroxylation is 1. The zero-order chi connectivity index (χ0) is 24.7. The standard InChI is InChI=1S/C26H22N6O3/c1-15-9-20(16(2)28-21-8-7-19(11-27)29-24(21)26(34)35)25-30-22(10-23(33)32(25)12-15)31-13-17-5-3-4-6-18(17)14-31/h3-10,12,16,28H,13-14H2,1-2H3,(H,34,35)/t16-/m1/s1. The van der Waals surface area contributed by atoms with Crippen molar-refractivity contribution in [2.45, 2.75) is 33.0 Å². The third-order valence-corrected chi connectivity index (χ3v) is 6.13. The lowest BCUT2D eigenvalue weighted by molar-refractivity contribution is 0.0691. The van der Waals surface area contributed by atoms with Crippen molar-refractivity contribution < 1.29 is 9.90 Å². The summed E-state index contributed by atoms with van der Waals surface area (Å²) in [7, 11) is 0. The zero-order valence-corrected chi connectivity index (χ0v) is 19.2. The Labute approximate surface area is 200 Å². The Bertz CT molecular complexity index is 1560. The zero-order valence-electron chi connectivity index (χ0n) is 19.2. The number of nitriles is 1. The Morgan fingerprint density at radius 2 is 1.86 bits per heavy atom. The minimum atomic E-state index is -1.24. The summed E-state index contributed by atoms with van der Waals surface area (Å²) in [5, 5.41) is 21.8. The molecule has 1 aliphatic rings. The molecule has 35 heavy (non-hydrogen) atoms. The van der Waals surface area contributed by atoms with Crippen LogP contribution in [0.25, 0.3) is 5.65 Å². The van der Waals surface area contributed by atoms with E-state index in [2.05, 4.69) is 27.3 Å². The molecule has 5 rings (SSSR count). The van der Waals surface area contributed by atoms with Crippen LogP contribution >= 0.6 is 0 Å². The minimum Gasteiger partial charge on any atom is -0.476 e. The first-order valence-electron chi connectivity index (χ1n) is 11.1. The van der Waals surface area contributed by atoms with E-state index in [1.54, 1.807) is 12.3 Å². The summed E-state index contributed by atoms with van der Waals surface area (Å²) in [6.07, 6.45) is 1.75. The van der Waals surface area contributed by atoms with E-state index in [4.69, 9.17) is 10.2 Å². The second-order valence-corrected chi connectivity index (χ2v) is 8.62. The number of hydrogen-bond acceptors (Lipinski definition) is 7. The number of benzene rings is 1. The summed E-state index contributed by atoms with van der Waals surface area (Å²) in [6, 6.07) is 16.1. The molecule has 0 aliphatic carbocycles. The van der Waals surface area contributed by atoms with Gasteiger partial charge in [-0.3, -0.25) is 9.20 Å². The molecule has 0 amide bonds. The van der Waals surface area contributed by atoms with E-state index in [1.807, 2.05) is 38.1 Å². The van der Waals surface area contributed by atoms with Gasteiger partial charge in [0.25, 0.3) is 5.56 Å². The molecule has 0 bridgehead atoms. The molecule has 3 aromatic heterocycles. The van der Waals surface area contributed by atoms with Crippen molar-refractivity contribution in [2.24, 2.45) is 0 Å². The lowest BCUT2D eigenvalue weighted by atomic mass is 10.1. The molecule has 9 nitrogen and oxygen atoms in total. The number of anilines is 2. The van der Waals surface area contributed by atoms with Gasteiger partial charge in [0.1, 0.15) is 23.2 Å². The summed E-state index contributed by atoms with van der Waals surface area (Å²) < 4.78 is 1.52. The number of fused-ring (bicyclic) bond motifs is 2. The van der Waals surface area contributed by atoms with E-state index in [0.717, 1.165) is 11.1 Å². The van der Waals surface area contributed by atoms with Crippen LogP contribution in [0.15, 0.2) is 59.5 Å². The van der Waals surface area contributed by atoms with Crippen molar-refractivity contribution in [1.29, 1.82) is 5.26 Å². The van der Waals surface area contributed by atoms with E-state index >= 15 is 0 Å². The maximum absolute atomic E-state index is 13.1. The number of carboxylic acids is 1. The molecule has 0 unspecified atom stereocenters. The number of hydrogen-bond donors (Lipinski definition) is 2. The minimum absolute atomic E-state index is 0.0195. The van der Waals surface area contributed by atoms with Gasteiger partial charge in [0.15, 0.2) is 5.69 Å². The van der Waals surface area contributed by atoms with Gasteiger partial charge in [0, 0.05) is 30.9 Å². The molecule has 1 atom stereocenters. The summed E-state index contributed by atoms with van der Waals surface area (Å²) in [5.74, 6) is -0.647. The first-order chi connectivity index (χ1) is 16.8. The van der Waals surface area contributed by atoms with Gasteiger partial charge in [-0.1, -0.05) is 24.3 Å². The SMILES string of the molecule is Cc1cc([C@@H](C)Nc2ccc(C#N)nc2C(=O)O)c2nc(N3Cc4ccccc4C3)cc(=O)n2c1. The van der Waals surface area contributed by atoms with E-state index in [-0.39, 0.29) is 22.6 Å². The van der Waals surface area contributed by atoms with Crippen molar-refractivity contribution in [2.75, 3.05) is 10.2 Å². The van der Waals surface area contributed by atoms with Crippen molar-refractivity contribution in [1.82, 2.24) is 14.4 Å². The van der Waals surface area contributed by atoms with Crippen LogP contribution in [0.1, 0.15) is 51.4 Å².